The number of ether oxygens (including phenoxy) is 1. The van der Waals surface area contributed by atoms with Crippen LogP contribution in [0.15, 0.2) is 54.6 Å². The van der Waals surface area contributed by atoms with Crippen LogP contribution in [0.5, 0.6) is 0 Å². The van der Waals surface area contributed by atoms with E-state index in [1.165, 1.54) is 24.8 Å². The molecular weight excluding hydrogens is 344 g/mol. The Morgan fingerprint density at radius 2 is 1.71 bits per heavy atom. The van der Waals surface area contributed by atoms with Crippen molar-refractivity contribution in [2.45, 2.75) is 58.0 Å². The number of benzene rings is 2. The third-order valence-electron chi connectivity index (χ3n) is 7.81. The molecule has 0 saturated heterocycles. The van der Waals surface area contributed by atoms with Crippen LogP contribution in [0.1, 0.15) is 62.8 Å². The van der Waals surface area contributed by atoms with Crippen molar-refractivity contribution in [3.63, 3.8) is 0 Å². The molecule has 2 aliphatic rings. The summed E-state index contributed by atoms with van der Waals surface area (Å²) in [6, 6.07) is 19.7. The van der Waals surface area contributed by atoms with E-state index in [1.54, 1.807) is 11.1 Å². The quantitative estimate of drug-likeness (QED) is 0.724. The molecule has 4 rings (SSSR count). The minimum atomic E-state index is 0.0464. The van der Waals surface area contributed by atoms with Crippen molar-refractivity contribution < 1.29 is 9.84 Å². The summed E-state index contributed by atoms with van der Waals surface area (Å²) in [5.41, 5.74) is 4.77. The first-order valence-electron chi connectivity index (χ1n) is 10.8. The van der Waals surface area contributed by atoms with Gasteiger partial charge >= 0.3 is 0 Å². The molecule has 4 atom stereocenters. The summed E-state index contributed by atoms with van der Waals surface area (Å²) in [6.45, 7) is 7.90. The van der Waals surface area contributed by atoms with Gasteiger partial charge in [-0.3, -0.25) is 0 Å². The molecule has 0 heterocycles. The van der Waals surface area contributed by atoms with E-state index in [1.807, 2.05) is 0 Å². The van der Waals surface area contributed by atoms with Crippen LogP contribution >= 0.6 is 0 Å². The highest BCUT2D eigenvalue weighted by Crippen LogP contribution is 2.61. The lowest BCUT2D eigenvalue weighted by Crippen LogP contribution is -2.53. The molecule has 0 bridgehead atoms. The first-order chi connectivity index (χ1) is 13.5. The first-order valence-corrected chi connectivity index (χ1v) is 10.8. The van der Waals surface area contributed by atoms with Crippen molar-refractivity contribution in [2.24, 2.45) is 17.3 Å². The number of aryl methyl sites for hydroxylation is 1. The van der Waals surface area contributed by atoms with Crippen LogP contribution in [0.3, 0.4) is 0 Å². The predicted octanol–water partition coefficient (Wildman–Crippen LogP) is 5.69. The monoisotopic (exact) mass is 378 g/mol. The number of rotatable bonds is 5. The average molecular weight is 379 g/mol. The third-order valence-corrected chi connectivity index (χ3v) is 7.81. The van der Waals surface area contributed by atoms with Gasteiger partial charge in [0.05, 0.1) is 19.3 Å². The van der Waals surface area contributed by atoms with Crippen molar-refractivity contribution in [3.05, 3.63) is 71.3 Å². The van der Waals surface area contributed by atoms with Crippen molar-refractivity contribution in [1.82, 2.24) is 0 Å². The second-order valence-corrected chi connectivity index (χ2v) is 9.56. The Balaban J connectivity index is 1.70. The molecule has 3 unspecified atom stereocenters. The average Bonchev–Trinajstić information content (AvgIpc) is 2.70. The van der Waals surface area contributed by atoms with E-state index in [4.69, 9.17) is 4.74 Å². The molecular formula is C26H34O2. The Morgan fingerprint density at radius 1 is 1.00 bits per heavy atom. The zero-order chi connectivity index (χ0) is 19.8. The Hall–Kier alpha value is -1.64. The molecule has 28 heavy (non-hydrogen) atoms. The molecule has 2 aliphatic carbocycles. The normalized spacial score (nSPS) is 29.6. The number of aliphatic hydroxyl groups is 1. The molecule has 2 aromatic carbocycles. The SMILES string of the molecule is CC12CC[C@H](C(OCCO)c3ccccc3)C(C)(C)C1CCc1ccccc12. The van der Waals surface area contributed by atoms with Crippen LogP contribution in [0, 0.1) is 17.3 Å². The third kappa shape index (κ3) is 3.21. The van der Waals surface area contributed by atoms with Crippen LogP contribution in [0.4, 0.5) is 0 Å². The van der Waals surface area contributed by atoms with Gasteiger partial charge in [0.2, 0.25) is 0 Å². The van der Waals surface area contributed by atoms with Gasteiger partial charge in [-0.15, -0.1) is 0 Å². The van der Waals surface area contributed by atoms with E-state index >= 15 is 0 Å². The second-order valence-electron chi connectivity index (χ2n) is 9.56. The van der Waals surface area contributed by atoms with Gasteiger partial charge in [0, 0.05) is 0 Å². The standard InChI is InChI=1S/C26H34O2/c1-25(2)22(24(28-18-17-27)20-10-5-4-6-11-20)15-16-26(3)21-12-8-7-9-19(21)13-14-23(25)26/h4-12,22-24,27H,13-18H2,1-3H3/t22-,23?,24?,26?/m1/s1. The van der Waals surface area contributed by atoms with E-state index in [9.17, 15) is 5.11 Å². The lowest BCUT2D eigenvalue weighted by atomic mass is 9.46. The van der Waals surface area contributed by atoms with Crippen molar-refractivity contribution in [2.75, 3.05) is 13.2 Å². The van der Waals surface area contributed by atoms with Gasteiger partial charge in [-0.05, 0) is 65.0 Å². The van der Waals surface area contributed by atoms with Crippen molar-refractivity contribution >= 4 is 0 Å². The van der Waals surface area contributed by atoms with Crippen molar-refractivity contribution in [1.29, 1.82) is 0 Å². The van der Waals surface area contributed by atoms with E-state index < -0.39 is 0 Å². The smallest absolute Gasteiger partial charge is 0.0859 e. The van der Waals surface area contributed by atoms with Gasteiger partial charge in [0.1, 0.15) is 0 Å². The maximum absolute atomic E-state index is 9.40. The molecule has 1 N–H and O–H groups in total. The summed E-state index contributed by atoms with van der Waals surface area (Å²) in [6.07, 6.45) is 4.83. The number of hydrogen-bond donors (Lipinski definition) is 1. The van der Waals surface area contributed by atoms with Crippen LogP contribution in [-0.2, 0) is 16.6 Å². The maximum atomic E-state index is 9.40. The Bertz CT molecular complexity index is 797. The zero-order valence-electron chi connectivity index (χ0n) is 17.5. The summed E-state index contributed by atoms with van der Waals surface area (Å²) >= 11 is 0. The van der Waals surface area contributed by atoms with Gasteiger partial charge in [0.25, 0.3) is 0 Å². The van der Waals surface area contributed by atoms with Crippen molar-refractivity contribution in [3.8, 4) is 0 Å². The molecule has 0 aromatic heterocycles. The van der Waals surface area contributed by atoms with Gasteiger partial charge in [0.15, 0.2) is 0 Å². The lowest BCUT2D eigenvalue weighted by molar-refractivity contribution is -0.103. The molecule has 0 radical (unpaired) electrons. The topological polar surface area (TPSA) is 29.5 Å². The number of fused-ring (bicyclic) bond motifs is 3. The summed E-state index contributed by atoms with van der Waals surface area (Å²) in [5.74, 6) is 1.09. The molecule has 0 amide bonds. The van der Waals surface area contributed by atoms with E-state index in [0.29, 0.717) is 18.4 Å². The maximum Gasteiger partial charge on any atom is 0.0859 e. The molecule has 2 nitrogen and oxygen atoms in total. The summed E-state index contributed by atoms with van der Waals surface area (Å²) in [4.78, 5) is 0. The Morgan fingerprint density at radius 3 is 2.46 bits per heavy atom. The lowest BCUT2D eigenvalue weighted by Gasteiger charge is -2.59. The second kappa shape index (κ2) is 7.65. The predicted molar refractivity (Wildman–Crippen MR) is 114 cm³/mol. The zero-order valence-corrected chi connectivity index (χ0v) is 17.5. The van der Waals surface area contributed by atoms with Gasteiger partial charge < -0.3 is 9.84 Å². The molecule has 2 heteroatoms. The van der Waals surface area contributed by atoms with E-state index in [-0.39, 0.29) is 23.5 Å². The summed E-state index contributed by atoms with van der Waals surface area (Å²) in [5, 5.41) is 9.40. The minimum Gasteiger partial charge on any atom is -0.394 e. The fourth-order valence-electron chi connectivity index (χ4n) is 6.50. The fraction of sp³-hybridized carbons (Fsp3) is 0.538. The fourth-order valence-corrected chi connectivity index (χ4v) is 6.50. The summed E-state index contributed by atoms with van der Waals surface area (Å²) < 4.78 is 6.28. The van der Waals surface area contributed by atoms with Crippen LogP contribution in [0.2, 0.25) is 0 Å². The summed E-state index contributed by atoms with van der Waals surface area (Å²) in [7, 11) is 0. The van der Waals surface area contributed by atoms with E-state index in [2.05, 4.69) is 75.4 Å². The molecule has 0 aliphatic heterocycles. The first kappa shape index (κ1) is 19.7. The highest BCUT2D eigenvalue weighted by Gasteiger charge is 2.55. The molecule has 1 fully saturated rings. The van der Waals surface area contributed by atoms with Crippen LogP contribution < -0.4 is 0 Å². The molecule has 0 spiro atoms. The molecule has 150 valence electrons. The Kier molecular flexibility index (Phi) is 5.37. The number of aliphatic hydroxyl groups excluding tert-OH is 1. The largest absolute Gasteiger partial charge is 0.394 e. The van der Waals surface area contributed by atoms with Crippen LogP contribution in [-0.4, -0.2) is 18.3 Å². The Labute approximate surface area is 169 Å². The van der Waals surface area contributed by atoms with Gasteiger partial charge in [-0.25, -0.2) is 0 Å². The van der Waals surface area contributed by atoms with Gasteiger partial charge in [-0.2, -0.15) is 0 Å². The van der Waals surface area contributed by atoms with Crippen LogP contribution in [0.25, 0.3) is 0 Å². The molecule has 2 aromatic rings. The molecule has 1 saturated carbocycles. The highest BCUT2D eigenvalue weighted by molar-refractivity contribution is 5.39. The van der Waals surface area contributed by atoms with E-state index in [0.717, 1.165) is 6.42 Å². The van der Waals surface area contributed by atoms with Gasteiger partial charge in [-0.1, -0.05) is 75.4 Å². The highest BCUT2D eigenvalue weighted by atomic mass is 16.5. The number of hydrogen-bond acceptors (Lipinski definition) is 2. The minimum absolute atomic E-state index is 0.0464.